The number of benzene rings is 1. The number of halogens is 2. The van der Waals surface area contributed by atoms with Crippen LogP contribution < -0.4 is 5.73 Å². The fraction of sp³-hybridized carbons (Fsp3) is 0.333. The third-order valence-corrected chi connectivity index (χ3v) is 2.73. The van der Waals surface area contributed by atoms with Gasteiger partial charge in [-0.15, -0.1) is 0 Å². The number of fused-ring (bicyclic) bond motifs is 1. The zero-order valence-corrected chi connectivity index (χ0v) is 9.08. The third-order valence-electron chi connectivity index (χ3n) is 2.73. The molecule has 0 unspecified atom stereocenters. The molecule has 0 saturated carbocycles. The van der Waals surface area contributed by atoms with Gasteiger partial charge in [-0.05, 0) is 11.6 Å². The first-order valence-corrected chi connectivity index (χ1v) is 5.14. The summed E-state index contributed by atoms with van der Waals surface area (Å²) in [6.45, 7) is -0.615. The molecule has 1 aromatic carbocycles. The predicted octanol–water partition coefficient (Wildman–Crippen LogP) is 2.31. The van der Waals surface area contributed by atoms with Crippen molar-refractivity contribution in [3.63, 3.8) is 0 Å². The molecule has 0 amide bonds. The largest absolute Gasteiger partial charge is 0.350 e. The molecular formula is C12H14F2N2. The molecule has 86 valence electrons. The fourth-order valence-corrected chi connectivity index (χ4v) is 1.92. The molecule has 0 aliphatic rings. The van der Waals surface area contributed by atoms with Crippen LogP contribution in [0, 0.1) is 0 Å². The van der Waals surface area contributed by atoms with Crippen molar-refractivity contribution in [3.05, 3.63) is 36.0 Å². The lowest BCUT2D eigenvalue weighted by Crippen LogP contribution is -2.30. The van der Waals surface area contributed by atoms with Crippen molar-refractivity contribution >= 4 is 10.9 Å². The molecule has 2 rings (SSSR count). The molecule has 0 saturated heterocycles. The van der Waals surface area contributed by atoms with Crippen LogP contribution in [0.1, 0.15) is 5.56 Å². The van der Waals surface area contributed by atoms with Crippen LogP contribution >= 0.6 is 0 Å². The Labute approximate surface area is 92.7 Å². The average molecular weight is 224 g/mol. The van der Waals surface area contributed by atoms with Crippen LogP contribution in [0.5, 0.6) is 0 Å². The summed E-state index contributed by atoms with van der Waals surface area (Å²) in [5.41, 5.74) is 6.66. The number of alkyl halides is 2. The molecule has 0 atom stereocenters. The maximum Gasteiger partial charge on any atom is 0.264 e. The lowest BCUT2D eigenvalue weighted by molar-refractivity contribution is 0.0118. The Morgan fingerprint density at radius 1 is 1.31 bits per heavy atom. The van der Waals surface area contributed by atoms with Crippen molar-refractivity contribution in [2.45, 2.75) is 12.3 Å². The van der Waals surface area contributed by atoms with Crippen LogP contribution in [0.15, 0.2) is 30.5 Å². The van der Waals surface area contributed by atoms with Crippen LogP contribution in [0.4, 0.5) is 8.78 Å². The van der Waals surface area contributed by atoms with E-state index in [1.54, 1.807) is 6.20 Å². The SMILES string of the molecule is Cn1cc(CC(F)(F)CN)c2ccccc21. The third kappa shape index (κ3) is 1.93. The monoisotopic (exact) mass is 224 g/mol. The number of nitrogens with zero attached hydrogens (tertiary/aromatic N) is 1. The quantitative estimate of drug-likeness (QED) is 0.852. The van der Waals surface area contributed by atoms with Crippen molar-refractivity contribution in [1.29, 1.82) is 0 Å². The van der Waals surface area contributed by atoms with E-state index in [9.17, 15) is 8.78 Å². The number of rotatable bonds is 3. The smallest absolute Gasteiger partial charge is 0.264 e. The van der Waals surface area contributed by atoms with E-state index in [4.69, 9.17) is 5.73 Å². The molecule has 2 N–H and O–H groups in total. The van der Waals surface area contributed by atoms with Crippen molar-refractivity contribution in [2.24, 2.45) is 12.8 Å². The maximum atomic E-state index is 13.2. The molecule has 0 aliphatic carbocycles. The number of aryl methyl sites for hydroxylation is 1. The van der Waals surface area contributed by atoms with Gasteiger partial charge >= 0.3 is 0 Å². The van der Waals surface area contributed by atoms with E-state index in [2.05, 4.69) is 0 Å². The first-order valence-electron chi connectivity index (χ1n) is 5.14. The van der Waals surface area contributed by atoms with E-state index in [1.807, 2.05) is 35.9 Å². The van der Waals surface area contributed by atoms with Gasteiger partial charge in [0.05, 0.1) is 6.54 Å². The first kappa shape index (κ1) is 11.1. The number of aromatic nitrogens is 1. The van der Waals surface area contributed by atoms with Gasteiger partial charge in [0.25, 0.3) is 5.92 Å². The van der Waals surface area contributed by atoms with E-state index in [0.29, 0.717) is 5.56 Å². The van der Waals surface area contributed by atoms with Crippen LogP contribution in [0.25, 0.3) is 10.9 Å². The fourth-order valence-electron chi connectivity index (χ4n) is 1.92. The number of nitrogens with two attached hydrogens (primary N) is 1. The molecule has 4 heteroatoms. The summed E-state index contributed by atoms with van der Waals surface area (Å²) in [4.78, 5) is 0. The number of hydrogen-bond acceptors (Lipinski definition) is 1. The van der Waals surface area contributed by atoms with Gasteiger partial charge in [0, 0.05) is 30.6 Å². The minimum Gasteiger partial charge on any atom is -0.350 e. The molecular weight excluding hydrogens is 210 g/mol. The van der Waals surface area contributed by atoms with E-state index in [0.717, 1.165) is 10.9 Å². The van der Waals surface area contributed by atoms with Gasteiger partial charge in [-0.2, -0.15) is 0 Å². The highest BCUT2D eigenvalue weighted by Gasteiger charge is 2.28. The summed E-state index contributed by atoms with van der Waals surface area (Å²) in [5.74, 6) is -2.83. The molecule has 2 aromatic rings. The predicted molar refractivity (Wildman–Crippen MR) is 60.6 cm³/mol. The Bertz CT molecular complexity index is 503. The molecule has 0 spiro atoms. The zero-order chi connectivity index (χ0) is 11.8. The van der Waals surface area contributed by atoms with Gasteiger partial charge < -0.3 is 10.3 Å². The highest BCUT2D eigenvalue weighted by Crippen LogP contribution is 2.26. The van der Waals surface area contributed by atoms with E-state index in [-0.39, 0.29) is 6.42 Å². The van der Waals surface area contributed by atoms with Crippen LogP contribution in [-0.4, -0.2) is 17.0 Å². The van der Waals surface area contributed by atoms with Gasteiger partial charge in [-0.25, -0.2) is 8.78 Å². The Balaban J connectivity index is 2.46. The Morgan fingerprint density at radius 3 is 2.69 bits per heavy atom. The second-order valence-corrected chi connectivity index (χ2v) is 4.02. The molecule has 2 nitrogen and oxygen atoms in total. The first-order chi connectivity index (χ1) is 7.53. The van der Waals surface area contributed by atoms with E-state index >= 15 is 0 Å². The number of para-hydroxylation sites is 1. The summed E-state index contributed by atoms with van der Waals surface area (Å²) in [7, 11) is 1.85. The normalized spacial score (nSPS) is 12.2. The summed E-state index contributed by atoms with van der Waals surface area (Å²) in [5, 5.41) is 0.873. The Morgan fingerprint density at radius 2 is 2.00 bits per heavy atom. The van der Waals surface area contributed by atoms with E-state index < -0.39 is 12.5 Å². The van der Waals surface area contributed by atoms with Gasteiger partial charge in [-0.3, -0.25) is 0 Å². The Kier molecular flexibility index (Phi) is 2.68. The van der Waals surface area contributed by atoms with Crippen LogP contribution in [0.3, 0.4) is 0 Å². The molecule has 0 fully saturated rings. The zero-order valence-electron chi connectivity index (χ0n) is 9.08. The molecule has 0 radical (unpaired) electrons. The molecule has 0 aliphatic heterocycles. The van der Waals surface area contributed by atoms with Crippen LogP contribution in [-0.2, 0) is 13.5 Å². The summed E-state index contributed by atoms with van der Waals surface area (Å²) in [6, 6.07) is 7.52. The topological polar surface area (TPSA) is 30.9 Å². The van der Waals surface area contributed by atoms with Gasteiger partial charge in [0.2, 0.25) is 0 Å². The lowest BCUT2D eigenvalue weighted by Gasteiger charge is -2.12. The maximum absolute atomic E-state index is 13.2. The second kappa shape index (κ2) is 3.87. The summed E-state index contributed by atoms with van der Waals surface area (Å²) in [6.07, 6.45) is 1.44. The second-order valence-electron chi connectivity index (χ2n) is 4.02. The average Bonchev–Trinajstić information content (AvgIpc) is 2.56. The lowest BCUT2D eigenvalue weighted by atomic mass is 10.1. The molecule has 0 bridgehead atoms. The van der Waals surface area contributed by atoms with Crippen LogP contribution in [0.2, 0.25) is 0 Å². The standard InChI is InChI=1S/C12H14F2N2/c1-16-7-9(6-12(13,14)8-15)10-4-2-3-5-11(10)16/h2-5,7H,6,8,15H2,1H3. The van der Waals surface area contributed by atoms with Crippen molar-refractivity contribution in [2.75, 3.05) is 6.54 Å². The van der Waals surface area contributed by atoms with Crippen molar-refractivity contribution < 1.29 is 8.78 Å². The van der Waals surface area contributed by atoms with Crippen molar-refractivity contribution in [1.82, 2.24) is 4.57 Å². The minimum absolute atomic E-state index is 0.301. The van der Waals surface area contributed by atoms with Crippen molar-refractivity contribution in [3.8, 4) is 0 Å². The Hall–Kier alpha value is -1.42. The van der Waals surface area contributed by atoms with Gasteiger partial charge in [-0.1, -0.05) is 18.2 Å². The summed E-state index contributed by atoms with van der Waals surface area (Å²) < 4.78 is 28.3. The highest BCUT2D eigenvalue weighted by atomic mass is 19.3. The van der Waals surface area contributed by atoms with E-state index in [1.165, 1.54) is 0 Å². The molecule has 16 heavy (non-hydrogen) atoms. The minimum atomic E-state index is -2.83. The molecule has 1 heterocycles. The summed E-state index contributed by atoms with van der Waals surface area (Å²) >= 11 is 0. The number of hydrogen-bond donors (Lipinski definition) is 1. The van der Waals surface area contributed by atoms with Gasteiger partial charge in [0.1, 0.15) is 0 Å². The van der Waals surface area contributed by atoms with Gasteiger partial charge in [0.15, 0.2) is 0 Å². The highest BCUT2D eigenvalue weighted by molar-refractivity contribution is 5.83. The molecule has 1 aromatic heterocycles.